The van der Waals surface area contributed by atoms with Crippen molar-refractivity contribution in [2.45, 2.75) is 31.8 Å². The molecule has 7 heteroatoms. The number of aromatic nitrogens is 4. The molecule has 0 radical (unpaired) electrons. The molecule has 0 spiro atoms. The topological polar surface area (TPSA) is 75.9 Å². The Balaban J connectivity index is 1.41. The number of aryl methyl sites for hydroxylation is 1. The normalized spacial score (nSPS) is 16.9. The minimum atomic E-state index is -0.165. The predicted octanol–water partition coefficient (Wildman–Crippen LogP) is 2.00. The van der Waals surface area contributed by atoms with Gasteiger partial charge >= 0.3 is 0 Å². The Morgan fingerprint density at radius 3 is 3.08 bits per heavy atom. The molecule has 1 saturated heterocycles. The van der Waals surface area contributed by atoms with Crippen LogP contribution in [0.5, 0.6) is 0 Å². The number of anilines is 1. The van der Waals surface area contributed by atoms with Crippen LogP contribution in [-0.4, -0.2) is 44.6 Å². The summed E-state index contributed by atoms with van der Waals surface area (Å²) < 4.78 is 2.01. The van der Waals surface area contributed by atoms with Crippen molar-refractivity contribution < 1.29 is 4.79 Å². The highest BCUT2D eigenvalue weighted by Crippen LogP contribution is 2.29. The van der Waals surface area contributed by atoms with Gasteiger partial charge in [-0.1, -0.05) is 12.1 Å². The molecule has 1 aliphatic heterocycles. The van der Waals surface area contributed by atoms with Gasteiger partial charge in [0.2, 0.25) is 5.91 Å². The summed E-state index contributed by atoms with van der Waals surface area (Å²) in [5, 5.41) is 4.07. The molecule has 3 heterocycles. The number of hydrogen-bond acceptors (Lipinski definition) is 5. The van der Waals surface area contributed by atoms with E-state index in [-0.39, 0.29) is 11.9 Å². The van der Waals surface area contributed by atoms with E-state index in [1.807, 2.05) is 35.0 Å². The maximum atomic E-state index is 12.7. The Bertz CT molecular complexity index is 873. The van der Waals surface area contributed by atoms with Gasteiger partial charge in [0.15, 0.2) is 0 Å². The lowest BCUT2D eigenvalue weighted by molar-refractivity contribution is -0.122. The number of nitrogens with zero attached hydrogens (tertiary/aromatic N) is 5. The maximum absolute atomic E-state index is 12.7. The molecule has 1 fully saturated rings. The third-order valence-electron chi connectivity index (χ3n) is 4.80. The van der Waals surface area contributed by atoms with E-state index in [1.54, 1.807) is 18.9 Å². The number of benzene rings is 1. The molecule has 4 rings (SSSR count). The zero-order valence-corrected chi connectivity index (χ0v) is 14.6. The van der Waals surface area contributed by atoms with Crippen molar-refractivity contribution in [3.63, 3.8) is 0 Å². The molecule has 134 valence electrons. The number of para-hydroxylation sites is 1. The smallest absolute Gasteiger partial charge is 0.242 e. The number of imidazole rings is 1. The van der Waals surface area contributed by atoms with Gasteiger partial charge in [-0.3, -0.25) is 4.79 Å². The monoisotopic (exact) mass is 350 g/mol. The second kappa shape index (κ2) is 7.51. The van der Waals surface area contributed by atoms with Crippen molar-refractivity contribution in [1.29, 1.82) is 0 Å². The molecule has 1 amide bonds. The number of carbonyl (C=O) groups excluding carboxylic acids is 1. The van der Waals surface area contributed by atoms with Crippen LogP contribution >= 0.6 is 0 Å². The molecule has 0 saturated carbocycles. The van der Waals surface area contributed by atoms with Gasteiger partial charge in [-0.25, -0.2) is 15.0 Å². The third-order valence-corrected chi connectivity index (χ3v) is 4.80. The highest BCUT2D eigenvalue weighted by molar-refractivity contribution is 5.93. The van der Waals surface area contributed by atoms with E-state index in [0.29, 0.717) is 6.54 Å². The standard InChI is InChI=1S/C19H22N6O/c26-19(21-8-4-10-24-12-9-20-14-24)17-7-3-11-25(17)18-15-5-1-2-6-16(15)22-13-23-18/h1-2,5-6,9,12-14,17H,3-4,7-8,10-11H2,(H,21,26). The van der Waals surface area contributed by atoms with Gasteiger partial charge in [0, 0.05) is 37.4 Å². The summed E-state index contributed by atoms with van der Waals surface area (Å²) in [5.74, 6) is 0.933. The lowest BCUT2D eigenvalue weighted by Gasteiger charge is -2.25. The van der Waals surface area contributed by atoms with Crippen LogP contribution in [0.1, 0.15) is 19.3 Å². The van der Waals surface area contributed by atoms with Crippen LogP contribution in [0.15, 0.2) is 49.3 Å². The second-order valence-corrected chi connectivity index (χ2v) is 6.51. The van der Waals surface area contributed by atoms with Gasteiger partial charge in [-0.05, 0) is 31.4 Å². The molecule has 0 aliphatic carbocycles. The summed E-state index contributed by atoms with van der Waals surface area (Å²) >= 11 is 0. The average molecular weight is 350 g/mol. The van der Waals surface area contributed by atoms with E-state index in [9.17, 15) is 4.79 Å². The van der Waals surface area contributed by atoms with Gasteiger partial charge in [-0.15, -0.1) is 0 Å². The fraction of sp³-hybridized carbons (Fsp3) is 0.368. The van der Waals surface area contributed by atoms with Gasteiger partial charge in [0.1, 0.15) is 18.2 Å². The lowest BCUT2D eigenvalue weighted by atomic mass is 10.2. The van der Waals surface area contributed by atoms with E-state index in [0.717, 1.165) is 49.1 Å². The van der Waals surface area contributed by atoms with Crippen molar-refractivity contribution in [1.82, 2.24) is 24.8 Å². The lowest BCUT2D eigenvalue weighted by Crippen LogP contribution is -2.44. The molecule has 1 atom stereocenters. The predicted molar refractivity (Wildman–Crippen MR) is 99.8 cm³/mol. The first kappa shape index (κ1) is 16.5. The van der Waals surface area contributed by atoms with Crippen LogP contribution in [0.3, 0.4) is 0 Å². The molecule has 7 nitrogen and oxygen atoms in total. The number of amides is 1. The molecule has 3 aromatic rings. The zero-order valence-electron chi connectivity index (χ0n) is 14.6. The highest BCUT2D eigenvalue weighted by atomic mass is 16.2. The van der Waals surface area contributed by atoms with Crippen molar-refractivity contribution in [3.05, 3.63) is 49.3 Å². The van der Waals surface area contributed by atoms with Crippen LogP contribution in [0.2, 0.25) is 0 Å². The quantitative estimate of drug-likeness (QED) is 0.688. The third kappa shape index (κ3) is 3.37. The van der Waals surface area contributed by atoms with Crippen LogP contribution < -0.4 is 10.2 Å². The summed E-state index contributed by atoms with van der Waals surface area (Å²) in [7, 11) is 0. The fourth-order valence-corrected chi connectivity index (χ4v) is 3.52. The van der Waals surface area contributed by atoms with Crippen molar-refractivity contribution >= 4 is 22.6 Å². The Morgan fingerprint density at radius 1 is 1.27 bits per heavy atom. The molecule has 1 aliphatic rings. The van der Waals surface area contributed by atoms with Gasteiger partial charge in [-0.2, -0.15) is 0 Å². The summed E-state index contributed by atoms with van der Waals surface area (Å²) in [5.41, 5.74) is 0.906. The van der Waals surface area contributed by atoms with E-state index >= 15 is 0 Å². The molecule has 1 unspecified atom stereocenters. The van der Waals surface area contributed by atoms with Gasteiger partial charge < -0.3 is 14.8 Å². The fourth-order valence-electron chi connectivity index (χ4n) is 3.52. The Morgan fingerprint density at radius 2 is 2.19 bits per heavy atom. The molecular formula is C19H22N6O. The molecule has 2 aromatic heterocycles. The molecule has 1 N–H and O–H groups in total. The second-order valence-electron chi connectivity index (χ2n) is 6.51. The van der Waals surface area contributed by atoms with E-state index < -0.39 is 0 Å². The van der Waals surface area contributed by atoms with E-state index in [2.05, 4.69) is 25.2 Å². The number of carbonyl (C=O) groups is 1. The van der Waals surface area contributed by atoms with Gasteiger partial charge in [0.25, 0.3) is 0 Å². The first-order valence-corrected chi connectivity index (χ1v) is 9.03. The van der Waals surface area contributed by atoms with E-state index in [1.165, 1.54) is 0 Å². The summed E-state index contributed by atoms with van der Waals surface area (Å²) in [6.45, 7) is 2.35. The van der Waals surface area contributed by atoms with Crippen LogP contribution in [0.4, 0.5) is 5.82 Å². The number of hydrogen-bond donors (Lipinski definition) is 1. The minimum Gasteiger partial charge on any atom is -0.354 e. The van der Waals surface area contributed by atoms with Crippen molar-refractivity contribution in [2.24, 2.45) is 0 Å². The van der Waals surface area contributed by atoms with Crippen LogP contribution in [0, 0.1) is 0 Å². The van der Waals surface area contributed by atoms with Crippen molar-refractivity contribution in [3.8, 4) is 0 Å². The molecule has 1 aromatic carbocycles. The number of nitrogens with one attached hydrogen (secondary N) is 1. The Hall–Kier alpha value is -2.96. The number of fused-ring (bicyclic) bond motifs is 1. The number of rotatable bonds is 6. The summed E-state index contributed by atoms with van der Waals surface area (Å²) in [4.78, 5) is 27.7. The summed E-state index contributed by atoms with van der Waals surface area (Å²) in [6.07, 6.45) is 9.79. The largest absolute Gasteiger partial charge is 0.354 e. The average Bonchev–Trinajstić information content (AvgIpc) is 3.36. The maximum Gasteiger partial charge on any atom is 0.242 e. The first-order chi connectivity index (χ1) is 12.8. The minimum absolute atomic E-state index is 0.0795. The molecule has 0 bridgehead atoms. The van der Waals surface area contributed by atoms with Crippen LogP contribution in [-0.2, 0) is 11.3 Å². The van der Waals surface area contributed by atoms with Crippen molar-refractivity contribution in [2.75, 3.05) is 18.0 Å². The van der Waals surface area contributed by atoms with Crippen LogP contribution in [0.25, 0.3) is 10.9 Å². The molecular weight excluding hydrogens is 328 g/mol. The zero-order chi connectivity index (χ0) is 17.8. The SMILES string of the molecule is O=C(NCCCn1ccnc1)C1CCCN1c1ncnc2ccccc12. The molecule has 26 heavy (non-hydrogen) atoms. The Kier molecular flexibility index (Phi) is 4.77. The Labute approximate surface area is 152 Å². The summed E-state index contributed by atoms with van der Waals surface area (Å²) in [6, 6.07) is 7.77. The van der Waals surface area contributed by atoms with E-state index in [4.69, 9.17) is 0 Å². The van der Waals surface area contributed by atoms with Gasteiger partial charge in [0.05, 0.1) is 11.8 Å². The first-order valence-electron chi connectivity index (χ1n) is 9.03. The highest BCUT2D eigenvalue weighted by Gasteiger charge is 2.32.